The Morgan fingerprint density at radius 3 is 2.76 bits per heavy atom. The van der Waals surface area contributed by atoms with E-state index in [1.165, 1.54) is 12.0 Å². The van der Waals surface area contributed by atoms with E-state index in [9.17, 15) is 4.79 Å². The second-order valence-electron chi connectivity index (χ2n) is 6.56. The third-order valence-electron chi connectivity index (χ3n) is 3.65. The first kappa shape index (κ1) is 16.3. The van der Waals surface area contributed by atoms with Gasteiger partial charge < -0.3 is 10.1 Å². The highest BCUT2D eigenvalue weighted by Gasteiger charge is 2.29. The molecule has 2 rings (SSSR count). The molecule has 21 heavy (non-hydrogen) atoms. The van der Waals surface area contributed by atoms with Gasteiger partial charge in [-0.05, 0) is 67.2 Å². The van der Waals surface area contributed by atoms with Crippen LogP contribution >= 0.6 is 15.9 Å². The summed E-state index contributed by atoms with van der Waals surface area (Å²) in [5.74, 6) is 0.325. The molecule has 1 amide bonds. The van der Waals surface area contributed by atoms with Gasteiger partial charge >= 0.3 is 6.09 Å². The van der Waals surface area contributed by atoms with Gasteiger partial charge in [-0.2, -0.15) is 0 Å². The van der Waals surface area contributed by atoms with Crippen molar-refractivity contribution in [2.45, 2.75) is 64.0 Å². The lowest BCUT2D eigenvalue weighted by atomic mass is 9.80. The standard InChI is InChI=1S/C16H23BrN2O2/c1-16(2,3)21-15(20)19-13-7-5-4-6-12(13)11-8-9-18-14(17)10-11/h8-10,12-13H,4-7H2,1-3H3,(H,19,20)/t12-,13+/m1/s1. The van der Waals surface area contributed by atoms with Crippen LogP contribution in [0.2, 0.25) is 0 Å². The van der Waals surface area contributed by atoms with Crippen LogP contribution in [0.4, 0.5) is 4.79 Å². The average molecular weight is 355 g/mol. The zero-order valence-corrected chi connectivity index (χ0v) is 14.4. The summed E-state index contributed by atoms with van der Waals surface area (Å²) in [7, 11) is 0. The smallest absolute Gasteiger partial charge is 0.407 e. The summed E-state index contributed by atoms with van der Waals surface area (Å²) in [5.41, 5.74) is 0.756. The van der Waals surface area contributed by atoms with E-state index >= 15 is 0 Å². The second-order valence-corrected chi connectivity index (χ2v) is 7.37. The highest BCUT2D eigenvalue weighted by molar-refractivity contribution is 9.10. The molecule has 0 bridgehead atoms. The summed E-state index contributed by atoms with van der Waals surface area (Å²) in [5, 5.41) is 3.05. The maximum atomic E-state index is 12.0. The molecule has 1 fully saturated rings. The van der Waals surface area contributed by atoms with Crippen molar-refractivity contribution >= 4 is 22.0 Å². The minimum Gasteiger partial charge on any atom is -0.444 e. The molecule has 0 spiro atoms. The summed E-state index contributed by atoms with van der Waals surface area (Å²) >= 11 is 3.42. The number of nitrogens with zero attached hydrogens (tertiary/aromatic N) is 1. The number of hydrogen-bond donors (Lipinski definition) is 1. The van der Waals surface area contributed by atoms with E-state index in [1.807, 2.05) is 32.9 Å². The van der Waals surface area contributed by atoms with Crippen LogP contribution in [0.25, 0.3) is 0 Å². The molecule has 0 saturated heterocycles. The first-order chi connectivity index (χ1) is 9.85. The van der Waals surface area contributed by atoms with E-state index < -0.39 is 5.60 Å². The topological polar surface area (TPSA) is 51.2 Å². The van der Waals surface area contributed by atoms with Gasteiger partial charge in [0.05, 0.1) is 0 Å². The molecule has 2 atom stereocenters. The molecule has 1 aliphatic rings. The lowest BCUT2D eigenvalue weighted by Crippen LogP contribution is -2.43. The number of rotatable bonds is 2. The van der Waals surface area contributed by atoms with Gasteiger partial charge in [0.25, 0.3) is 0 Å². The van der Waals surface area contributed by atoms with E-state index in [0.717, 1.165) is 23.9 Å². The third kappa shape index (κ3) is 4.99. The molecular weight excluding hydrogens is 332 g/mol. The van der Waals surface area contributed by atoms with Gasteiger partial charge in [-0.3, -0.25) is 0 Å². The summed E-state index contributed by atoms with van der Waals surface area (Å²) in [6, 6.07) is 4.20. The quantitative estimate of drug-likeness (QED) is 0.801. The van der Waals surface area contributed by atoms with E-state index in [0.29, 0.717) is 5.92 Å². The number of amides is 1. The maximum Gasteiger partial charge on any atom is 0.407 e. The van der Waals surface area contributed by atoms with Crippen LogP contribution in [-0.4, -0.2) is 22.7 Å². The van der Waals surface area contributed by atoms with E-state index in [2.05, 4.69) is 26.2 Å². The minimum absolute atomic E-state index is 0.128. The van der Waals surface area contributed by atoms with Gasteiger partial charge in [-0.25, -0.2) is 9.78 Å². The molecule has 0 radical (unpaired) electrons. The molecule has 1 aromatic heterocycles. The molecular formula is C16H23BrN2O2. The van der Waals surface area contributed by atoms with E-state index in [1.54, 1.807) is 6.20 Å². The Balaban J connectivity index is 2.07. The van der Waals surface area contributed by atoms with Gasteiger partial charge in [0.2, 0.25) is 0 Å². The number of alkyl carbamates (subject to hydrolysis) is 1. The Kier molecular flexibility index (Phi) is 5.25. The fraction of sp³-hybridized carbons (Fsp3) is 0.625. The van der Waals surface area contributed by atoms with E-state index in [4.69, 9.17) is 4.74 Å². The van der Waals surface area contributed by atoms with Gasteiger partial charge in [-0.1, -0.05) is 12.8 Å². The summed E-state index contributed by atoms with van der Waals surface area (Å²) in [6.45, 7) is 5.64. The molecule has 4 nitrogen and oxygen atoms in total. The largest absolute Gasteiger partial charge is 0.444 e. The van der Waals surface area contributed by atoms with Crippen LogP contribution in [0.1, 0.15) is 57.9 Å². The van der Waals surface area contributed by atoms with Crippen molar-refractivity contribution in [2.75, 3.05) is 0 Å². The highest BCUT2D eigenvalue weighted by Crippen LogP contribution is 2.33. The fourth-order valence-corrected chi connectivity index (χ4v) is 3.19. The zero-order chi connectivity index (χ0) is 15.5. The Hall–Kier alpha value is -1.10. The number of aromatic nitrogens is 1. The predicted octanol–water partition coefficient (Wildman–Crippen LogP) is 4.40. The van der Waals surface area contributed by atoms with Crippen molar-refractivity contribution in [1.29, 1.82) is 0 Å². The number of hydrogen-bond acceptors (Lipinski definition) is 3. The van der Waals surface area contributed by atoms with Crippen molar-refractivity contribution in [3.63, 3.8) is 0 Å². The Labute approximate surface area is 134 Å². The Bertz CT molecular complexity index is 499. The second kappa shape index (κ2) is 6.77. The number of ether oxygens (including phenoxy) is 1. The normalized spacial score (nSPS) is 22.7. The minimum atomic E-state index is -0.464. The number of carbonyl (C=O) groups is 1. The number of halogens is 1. The molecule has 116 valence electrons. The van der Waals surface area contributed by atoms with Crippen LogP contribution < -0.4 is 5.32 Å². The van der Waals surface area contributed by atoms with Crippen molar-refractivity contribution in [1.82, 2.24) is 10.3 Å². The molecule has 1 saturated carbocycles. The third-order valence-corrected chi connectivity index (χ3v) is 4.08. The first-order valence-electron chi connectivity index (χ1n) is 7.46. The van der Waals surface area contributed by atoms with Gasteiger partial charge in [0, 0.05) is 18.2 Å². The van der Waals surface area contributed by atoms with Crippen LogP contribution in [-0.2, 0) is 4.74 Å². The van der Waals surface area contributed by atoms with Crippen LogP contribution in [0.15, 0.2) is 22.9 Å². The van der Waals surface area contributed by atoms with Crippen molar-refractivity contribution < 1.29 is 9.53 Å². The Morgan fingerprint density at radius 2 is 2.10 bits per heavy atom. The van der Waals surface area contributed by atoms with E-state index in [-0.39, 0.29) is 12.1 Å². The zero-order valence-electron chi connectivity index (χ0n) is 12.9. The SMILES string of the molecule is CC(C)(C)OC(=O)N[C@H]1CCCC[C@@H]1c1ccnc(Br)c1. The van der Waals surface area contributed by atoms with Crippen molar-refractivity contribution in [2.24, 2.45) is 0 Å². The van der Waals surface area contributed by atoms with Crippen molar-refractivity contribution in [3.05, 3.63) is 28.5 Å². The summed E-state index contributed by atoms with van der Waals surface area (Å²) in [4.78, 5) is 16.2. The molecule has 1 heterocycles. The molecule has 1 N–H and O–H groups in total. The lowest BCUT2D eigenvalue weighted by molar-refractivity contribution is 0.0485. The summed E-state index contributed by atoms with van der Waals surface area (Å²) in [6.07, 6.45) is 5.88. The summed E-state index contributed by atoms with van der Waals surface area (Å²) < 4.78 is 6.21. The maximum absolute atomic E-state index is 12.0. The predicted molar refractivity (Wildman–Crippen MR) is 86.3 cm³/mol. The molecule has 0 aliphatic heterocycles. The van der Waals surface area contributed by atoms with Gasteiger partial charge in [0.15, 0.2) is 0 Å². The first-order valence-corrected chi connectivity index (χ1v) is 8.25. The number of nitrogens with one attached hydrogen (secondary N) is 1. The molecule has 1 aromatic rings. The van der Waals surface area contributed by atoms with Gasteiger partial charge in [-0.15, -0.1) is 0 Å². The lowest BCUT2D eigenvalue weighted by Gasteiger charge is -2.33. The molecule has 5 heteroatoms. The fourth-order valence-electron chi connectivity index (χ4n) is 2.81. The highest BCUT2D eigenvalue weighted by atomic mass is 79.9. The number of carbonyl (C=O) groups excluding carboxylic acids is 1. The molecule has 1 aliphatic carbocycles. The van der Waals surface area contributed by atoms with Crippen LogP contribution in [0.5, 0.6) is 0 Å². The Morgan fingerprint density at radius 1 is 1.38 bits per heavy atom. The average Bonchev–Trinajstić information content (AvgIpc) is 2.37. The molecule has 0 unspecified atom stereocenters. The van der Waals surface area contributed by atoms with Crippen LogP contribution in [0, 0.1) is 0 Å². The van der Waals surface area contributed by atoms with Crippen molar-refractivity contribution in [3.8, 4) is 0 Å². The van der Waals surface area contributed by atoms with Gasteiger partial charge in [0.1, 0.15) is 10.2 Å². The van der Waals surface area contributed by atoms with Crippen LogP contribution in [0.3, 0.4) is 0 Å². The molecule has 0 aromatic carbocycles. The monoisotopic (exact) mass is 354 g/mol. The number of pyridine rings is 1.